The summed E-state index contributed by atoms with van der Waals surface area (Å²) in [5, 5.41) is 0. The van der Waals surface area contributed by atoms with E-state index in [0.717, 1.165) is 5.56 Å². The molecule has 0 atom stereocenters. The highest BCUT2D eigenvalue weighted by Gasteiger charge is 2.12. The van der Waals surface area contributed by atoms with E-state index in [1.165, 1.54) is 24.3 Å². The molecule has 0 amide bonds. The number of hydrogen-bond donors (Lipinski definition) is 0. The number of nitrogens with zero attached hydrogens (tertiary/aromatic N) is 1. The van der Waals surface area contributed by atoms with Crippen molar-refractivity contribution >= 4 is 11.8 Å². The number of carbonyl (C=O) groups is 2. The Hall–Kier alpha value is -4.06. The molecule has 0 saturated heterocycles. The first-order valence-electron chi connectivity index (χ1n) is 9.69. The summed E-state index contributed by atoms with van der Waals surface area (Å²) in [6.07, 6.45) is 2.05. The van der Waals surface area contributed by atoms with E-state index >= 15 is 0 Å². The van der Waals surface area contributed by atoms with Gasteiger partial charge in [0, 0.05) is 23.1 Å². The minimum absolute atomic E-state index is 0.102. The SMILES string of the molecule is O=C(CCc1ncc(-c2ccccc2)o1)Oc1ccc(C(=O)c2ccc(F)cc2)cc1. The van der Waals surface area contributed by atoms with Gasteiger partial charge in [0.1, 0.15) is 11.6 Å². The monoisotopic (exact) mass is 415 g/mol. The van der Waals surface area contributed by atoms with Crippen molar-refractivity contribution in [3.63, 3.8) is 0 Å². The Kier molecular flexibility index (Phi) is 5.98. The smallest absolute Gasteiger partial charge is 0.311 e. The van der Waals surface area contributed by atoms with Gasteiger partial charge >= 0.3 is 5.97 Å². The molecule has 6 heteroatoms. The van der Waals surface area contributed by atoms with Crippen LogP contribution in [-0.2, 0) is 11.2 Å². The Bertz CT molecular complexity index is 1180. The zero-order valence-corrected chi connectivity index (χ0v) is 16.5. The fourth-order valence-electron chi connectivity index (χ4n) is 3.00. The molecule has 0 unspecified atom stereocenters. The number of benzene rings is 3. The van der Waals surface area contributed by atoms with Crippen LogP contribution in [-0.4, -0.2) is 16.7 Å². The quantitative estimate of drug-likeness (QED) is 0.234. The molecule has 31 heavy (non-hydrogen) atoms. The number of esters is 1. The lowest BCUT2D eigenvalue weighted by molar-refractivity contribution is -0.134. The highest BCUT2D eigenvalue weighted by atomic mass is 19.1. The molecule has 0 saturated carbocycles. The number of ether oxygens (including phenoxy) is 1. The van der Waals surface area contributed by atoms with Crippen LogP contribution in [0.25, 0.3) is 11.3 Å². The third-order valence-electron chi connectivity index (χ3n) is 4.61. The average molecular weight is 415 g/mol. The summed E-state index contributed by atoms with van der Waals surface area (Å²) in [4.78, 5) is 28.7. The van der Waals surface area contributed by atoms with Gasteiger partial charge in [0.25, 0.3) is 0 Å². The summed E-state index contributed by atoms with van der Waals surface area (Å²) in [7, 11) is 0. The third-order valence-corrected chi connectivity index (χ3v) is 4.61. The standard InChI is InChI=1S/C25H18FNO4/c26-20-10-6-18(7-11-20)25(29)19-8-12-21(13-9-19)30-24(28)15-14-23-27-16-22(31-23)17-4-2-1-3-5-17/h1-13,16H,14-15H2. The number of oxazole rings is 1. The summed E-state index contributed by atoms with van der Waals surface area (Å²) >= 11 is 0. The van der Waals surface area contributed by atoms with Crippen LogP contribution in [0, 0.1) is 5.82 Å². The summed E-state index contributed by atoms with van der Waals surface area (Å²) < 4.78 is 24.0. The van der Waals surface area contributed by atoms with Crippen LogP contribution in [0.5, 0.6) is 5.75 Å². The lowest BCUT2D eigenvalue weighted by Crippen LogP contribution is -2.09. The van der Waals surface area contributed by atoms with E-state index in [9.17, 15) is 14.0 Å². The second kappa shape index (κ2) is 9.17. The molecule has 0 aliphatic carbocycles. The molecule has 4 rings (SSSR count). The van der Waals surface area contributed by atoms with Gasteiger partial charge in [-0.25, -0.2) is 9.37 Å². The number of hydrogen-bond acceptors (Lipinski definition) is 5. The van der Waals surface area contributed by atoms with Gasteiger partial charge in [-0.15, -0.1) is 0 Å². The summed E-state index contributed by atoms with van der Waals surface area (Å²) in [6, 6.07) is 21.1. The van der Waals surface area contributed by atoms with E-state index in [0.29, 0.717) is 34.9 Å². The van der Waals surface area contributed by atoms with Crippen LogP contribution in [0.4, 0.5) is 4.39 Å². The van der Waals surface area contributed by atoms with Gasteiger partial charge in [-0.2, -0.15) is 0 Å². The highest BCUT2D eigenvalue weighted by Crippen LogP contribution is 2.21. The van der Waals surface area contributed by atoms with E-state index in [1.54, 1.807) is 30.5 Å². The maximum absolute atomic E-state index is 13.0. The van der Waals surface area contributed by atoms with E-state index in [-0.39, 0.29) is 12.2 Å². The fourth-order valence-corrected chi connectivity index (χ4v) is 3.00. The number of halogens is 1. The van der Waals surface area contributed by atoms with E-state index in [4.69, 9.17) is 9.15 Å². The molecule has 1 heterocycles. The second-order valence-corrected chi connectivity index (χ2v) is 6.82. The molecule has 0 bridgehead atoms. The van der Waals surface area contributed by atoms with Crippen LogP contribution in [0.1, 0.15) is 28.2 Å². The summed E-state index contributed by atoms with van der Waals surface area (Å²) in [6.45, 7) is 0. The largest absolute Gasteiger partial charge is 0.441 e. The van der Waals surface area contributed by atoms with E-state index in [2.05, 4.69) is 4.98 Å². The summed E-state index contributed by atoms with van der Waals surface area (Å²) in [5.74, 6) is 0.354. The minimum atomic E-state index is -0.433. The number of ketones is 1. The lowest BCUT2D eigenvalue weighted by Gasteiger charge is -2.05. The Morgan fingerprint density at radius 1 is 0.871 bits per heavy atom. The average Bonchev–Trinajstić information content (AvgIpc) is 3.28. The summed E-state index contributed by atoms with van der Waals surface area (Å²) in [5.41, 5.74) is 1.71. The van der Waals surface area contributed by atoms with Crippen LogP contribution >= 0.6 is 0 Å². The highest BCUT2D eigenvalue weighted by molar-refractivity contribution is 6.09. The molecule has 3 aromatic carbocycles. The Morgan fingerprint density at radius 3 is 2.19 bits per heavy atom. The van der Waals surface area contributed by atoms with Gasteiger partial charge in [-0.1, -0.05) is 30.3 Å². The van der Waals surface area contributed by atoms with Crippen molar-refractivity contribution in [2.45, 2.75) is 12.8 Å². The van der Waals surface area contributed by atoms with Crippen molar-refractivity contribution in [3.05, 3.63) is 108 Å². The van der Waals surface area contributed by atoms with Gasteiger partial charge in [-0.3, -0.25) is 9.59 Å². The second-order valence-electron chi connectivity index (χ2n) is 6.82. The predicted octanol–water partition coefficient (Wildman–Crippen LogP) is 5.25. The Labute approximate surface area is 178 Å². The fraction of sp³-hybridized carbons (Fsp3) is 0.0800. The molecule has 0 aliphatic heterocycles. The number of aryl methyl sites for hydroxylation is 1. The van der Waals surface area contributed by atoms with Crippen molar-refractivity contribution in [2.75, 3.05) is 0 Å². The first kappa shape index (κ1) is 20.2. The zero-order valence-electron chi connectivity index (χ0n) is 16.5. The predicted molar refractivity (Wildman–Crippen MR) is 112 cm³/mol. The Morgan fingerprint density at radius 2 is 1.52 bits per heavy atom. The van der Waals surface area contributed by atoms with Crippen molar-refractivity contribution in [1.82, 2.24) is 4.98 Å². The van der Waals surface area contributed by atoms with Crippen LogP contribution in [0.2, 0.25) is 0 Å². The van der Waals surface area contributed by atoms with Crippen molar-refractivity contribution in [1.29, 1.82) is 0 Å². The van der Waals surface area contributed by atoms with Crippen LogP contribution in [0.15, 0.2) is 89.5 Å². The molecule has 0 aliphatic rings. The third kappa shape index (κ3) is 5.11. The van der Waals surface area contributed by atoms with Crippen molar-refractivity contribution in [3.8, 4) is 17.1 Å². The minimum Gasteiger partial charge on any atom is -0.441 e. The zero-order chi connectivity index (χ0) is 21.6. The molecule has 0 fully saturated rings. The first-order chi connectivity index (χ1) is 15.1. The molecular formula is C25H18FNO4. The van der Waals surface area contributed by atoms with Gasteiger partial charge in [0.05, 0.1) is 12.6 Å². The van der Waals surface area contributed by atoms with Crippen molar-refractivity contribution in [2.24, 2.45) is 0 Å². The van der Waals surface area contributed by atoms with Crippen LogP contribution < -0.4 is 4.74 Å². The van der Waals surface area contributed by atoms with Gasteiger partial charge < -0.3 is 9.15 Å². The number of rotatable bonds is 7. The van der Waals surface area contributed by atoms with E-state index < -0.39 is 11.8 Å². The van der Waals surface area contributed by atoms with Crippen LogP contribution in [0.3, 0.4) is 0 Å². The van der Waals surface area contributed by atoms with E-state index in [1.807, 2.05) is 30.3 Å². The molecule has 4 aromatic rings. The maximum atomic E-state index is 13.0. The molecule has 0 radical (unpaired) electrons. The first-order valence-corrected chi connectivity index (χ1v) is 9.69. The molecular weight excluding hydrogens is 397 g/mol. The maximum Gasteiger partial charge on any atom is 0.311 e. The molecule has 5 nitrogen and oxygen atoms in total. The number of aromatic nitrogens is 1. The molecule has 154 valence electrons. The number of carbonyl (C=O) groups excluding carboxylic acids is 2. The van der Waals surface area contributed by atoms with Gasteiger partial charge in [0.15, 0.2) is 17.4 Å². The molecule has 1 aromatic heterocycles. The van der Waals surface area contributed by atoms with Gasteiger partial charge in [0.2, 0.25) is 0 Å². The van der Waals surface area contributed by atoms with Crippen molar-refractivity contribution < 1.29 is 23.1 Å². The molecule has 0 N–H and O–H groups in total. The van der Waals surface area contributed by atoms with Gasteiger partial charge in [-0.05, 0) is 48.5 Å². The lowest BCUT2D eigenvalue weighted by atomic mass is 10.0. The Balaban J connectivity index is 1.31. The molecule has 0 spiro atoms. The normalized spacial score (nSPS) is 10.6. The topological polar surface area (TPSA) is 69.4 Å².